The van der Waals surface area contributed by atoms with Crippen LogP contribution in [0.4, 0.5) is 0 Å². The topological polar surface area (TPSA) is 34.9 Å². The van der Waals surface area contributed by atoms with Crippen LogP contribution in [0.15, 0.2) is 22.2 Å². The van der Waals surface area contributed by atoms with Gasteiger partial charge < -0.3 is 0 Å². The summed E-state index contributed by atoms with van der Waals surface area (Å²) in [5.41, 5.74) is 1.96. The molecule has 0 amide bonds. The van der Waals surface area contributed by atoms with Crippen molar-refractivity contribution in [2.45, 2.75) is 25.8 Å². The summed E-state index contributed by atoms with van der Waals surface area (Å²) in [6.45, 7) is 4.21. The van der Waals surface area contributed by atoms with Gasteiger partial charge in [0.15, 0.2) is 0 Å². The highest BCUT2D eigenvalue weighted by Crippen LogP contribution is 2.15. The van der Waals surface area contributed by atoms with Crippen molar-refractivity contribution in [3.63, 3.8) is 0 Å². The Balaban J connectivity index is 2.45. The molecule has 74 valence electrons. The van der Waals surface area contributed by atoms with Gasteiger partial charge in [0.05, 0.1) is 18.6 Å². The molecular formula is C10H11BrN2O. The first-order chi connectivity index (χ1) is 6.68. The zero-order valence-corrected chi connectivity index (χ0v) is 9.38. The van der Waals surface area contributed by atoms with Crippen molar-refractivity contribution in [3.05, 3.63) is 39.0 Å². The van der Waals surface area contributed by atoms with Crippen LogP contribution < -0.4 is 5.56 Å². The molecule has 3 nitrogen and oxygen atoms in total. The van der Waals surface area contributed by atoms with Crippen LogP contribution in [-0.2, 0) is 19.4 Å². The first kappa shape index (κ1) is 9.65. The summed E-state index contributed by atoms with van der Waals surface area (Å²) < 4.78 is 2.39. The van der Waals surface area contributed by atoms with Crippen molar-refractivity contribution in [2.75, 3.05) is 0 Å². The standard InChI is InChI=1S/C10H11BrN2O/c1-7(11)5-13-6-12-9-4-2-3-8(9)10(13)14/h6H,1-5H2. The van der Waals surface area contributed by atoms with Gasteiger partial charge in [-0.05, 0) is 19.3 Å². The van der Waals surface area contributed by atoms with E-state index in [9.17, 15) is 4.79 Å². The fourth-order valence-electron chi connectivity index (χ4n) is 1.76. The van der Waals surface area contributed by atoms with E-state index < -0.39 is 0 Å². The van der Waals surface area contributed by atoms with Gasteiger partial charge in [-0.25, -0.2) is 4.98 Å². The van der Waals surface area contributed by atoms with Crippen molar-refractivity contribution >= 4 is 15.9 Å². The molecule has 4 heteroatoms. The van der Waals surface area contributed by atoms with E-state index in [1.54, 1.807) is 10.9 Å². The second-order valence-corrected chi connectivity index (χ2v) is 4.60. The SMILES string of the molecule is C=C(Br)Cn1cnc2c(c1=O)CCC2. The maximum Gasteiger partial charge on any atom is 0.257 e. The fourth-order valence-corrected chi connectivity index (χ4v) is 2.03. The number of aromatic nitrogens is 2. The fraction of sp³-hybridized carbons (Fsp3) is 0.400. The average molecular weight is 255 g/mol. The number of allylic oxidation sites excluding steroid dienone is 1. The Morgan fingerprint density at radius 1 is 1.64 bits per heavy atom. The predicted molar refractivity (Wildman–Crippen MR) is 58.6 cm³/mol. The van der Waals surface area contributed by atoms with Gasteiger partial charge in [0.2, 0.25) is 0 Å². The zero-order valence-electron chi connectivity index (χ0n) is 7.79. The van der Waals surface area contributed by atoms with Crippen LogP contribution in [0.1, 0.15) is 17.7 Å². The Bertz CT molecular complexity index is 436. The second-order valence-electron chi connectivity index (χ2n) is 3.47. The first-order valence-electron chi connectivity index (χ1n) is 4.59. The highest BCUT2D eigenvalue weighted by atomic mass is 79.9. The number of nitrogens with zero attached hydrogens (tertiary/aromatic N) is 2. The van der Waals surface area contributed by atoms with E-state index in [1.165, 1.54) is 0 Å². The predicted octanol–water partition coefficient (Wildman–Crippen LogP) is 1.64. The normalized spacial score (nSPS) is 14.1. The molecular weight excluding hydrogens is 244 g/mol. The Hall–Kier alpha value is -0.900. The molecule has 0 N–H and O–H groups in total. The lowest BCUT2D eigenvalue weighted by atomic mass is 10.2. The highest BCUT2D eigenvalue weighted by Gasteiger charge is 2.16. The van der Waals surface area contributed by atoms with Gasteiger partial charge in [-0.1, -0.05) is 22.5 Å². The Morgan fingerprint density at radius 3 is 3.14 bits per heavy atom. The molecule has 0 bridgehead atoms. The van der Waals surface area contributed by atoms with Gasteiger partial charge in [-0.2, -0.15) is 0 Å². The van der Waals surface area contributed by atoms with Crippen molar-refractivity contribution < 1.29 is 0 Å². The minimum absolute atomic E-state index is 0.0908. The number of hydrogen-bond donors (Lipinski definition) is 0. The van der Waals surface area contributed by atoms with Crippen molar-refractivity contribution in [3.8, 4) is 0 Å². The van der Waals surface area contributed by atoms with Gasteiger partial charge in [0.1, 0.15) is 0 Å². The molecule has 14 heavy (non-hydrogen) atoms. The van der Waals surface area contributed by atoms with E-state index in [2.05, 4.69) is 27.5 Å². The third-order valence-corrected chi connectivity index (χ3v) is 2.65. The van der Waals surface area contributed by atoms with Gasteiger partial charge in [0.25, 0.3) is 5.56 Å². The van der Waals surface area contributed by atoms with Crippen LogP contribution in [0.3, 0.4) is 0 Å². The maximum atomic E-state index is 11.9. The number of fused-ring (bicyclic) bond motifs is 1. The molecule has 0 spiro atoms. The molecule has 0 aromatic carbocycles. The molecule has 0 atom stereocenters. The third-order valence-electron chi connectivity index (χ3n) is 2.40. The molecule has 1 aliphatic carbocycles. The monoisotopic (exact) mass is 254 g/mol. The van der Waals surface area contributed by atoms with E-state index in [-0.39, 0.29) is 5.56 Å². The summed E-state index contributed by atoms with van der Waals surface area (Å²) in [5, 5.41) is 0. The minimum atomic E-state index is 0.0908. The molecule has 0 unspecified atom stereocenters. The van der Waals surface area contributed by atoms with Crippen molar-refractivity contribution in [1.82, 2.24) is 9.55 Å². The molecule has 1 heterocycles. The summed E-state index contributed by atoms with van der Waals surface area (Å²) in [4.78, 5) is 16.1. The lowest BCUT2D eigenvalue weighted by molar-refractivity contribution is 0.733. The van der Waals surface area contributed by atoms with E-state index in [4.69, 9.17) is 0 Å². The van der Waals surface area contributed by atoms with Crippen molar-refractivity contribution in [2.24, 2.45) is 0 Å². The molecule has 1 aliphatic rings. The van der Waals surface area contributed by atoms with E-state index in [0.717, 1.165) is 35.0 Å². The first-order valence-corrected chi connectivity index (χ1v) is 5.38. The van der Waals surface area contributed by atoms with Gasteiger partial charge in [-0.3, -0.25) is 9.36 Å². The molecule has 0 saturated heterocycles. The minimum Gasteiger partial charge on any atom is -0.294 e. The summed E-state index contributed by atoms with van der Waals surface area (Å²) >= 11 is 3.24. The number of hydrogen-bond acceptors (Lipinski definition) is 2. The highest BCUT2D eigenvalue weighted by molar-refractivity contribution is 9.11. The lowest BCUT2D eigenvalue weighted by Crippen LogP contribution is -2.24. The maximum absolute atomic E-state index is 11.9. The number of rotatable bonds is 2. The van der Waals surface area contributed by atoms with Crippen LogP contribution >= 0.6 is 15.9 Å². The second kappa shape index (κ2) is 3.69. The van der Waals surface area contributed by atoms with Crippen LogP contribution in [-0.4, -0.2) is 9.55 Å². The van der Waals surface area contributed by atoms with Crippen LogP contribution in [0.25, 0.3) is 0 Å². The van der Waals surface area contributed by atoms with Crippen LogP contribution in [0.5, 0.6) is 0 Å². The van der Waals surface area contributed by atoms with E-state index in [1.807, 2.05) is 0 Å². The zero-order chi connectivity index (χ0) is 10.1. The molecule has 1 aromatic heterocycles. The molecule has 1 aromatic rings. The van der Waals surface area contributed by atoms with Gasteiger partial charge in [-0.15, -0.1) is 0 Å². The van der Waals surface area contributed by atoms with E-state index in [0.29, 0.717) is 6.54 Å². The summed E-state index contributed by atoms with van der Waals surface area (Å²) in [6.07, 6.45) is 4.48. The van der Waals surface area contributed by atoms with Crippen LogP contribution in [0.2, 0.25) is 0 Å². The summed E-state index contributed by atoms with van der Waals surface area (Å²) in [6, 6.07) is 0. The molecule has 0 aliphatic heterocycles. The summed E-state index contributed by atoms with van der Waals surface area (Å²) in [5.74, 6) is 0. The van der Waals surface area contributed by atoms with Gasteiger partial charge >= 0.3 is 0 Å². The third kappa shape index (κ3) is 1.66. The van der Waals surface area contributed by atoms with Crippen LogP contribution in [0, 0.1) is 0 Å². The molecule has 0 radical (unpaired) electrons. The largest absolute Gasteiger partial charge is 0.294 e. The lowest BCUT2D eigenvalue weighted by Gasteiger charge is -2.05. The quantitative estimate of drug-likeness (QED) is 0.805. The van der Waals surface area contributed by atoms with Gasteiger partial charge in [0, 0.05) is 10.0 Å². The molecule has 2 rings (SSSR count). The smallest absolute Gasteiger partial charge is 0.257 e. The Morgan fingerprint density at radius 2 is 2.43 bits per heavy atom. The van der Waals surface area contributed by atoms with E-state index >= 15 is 0 Å². The molecule has 0 fully saturated rings. The number of halogens is 1. The van der Waals surface area contributed by atoms with Crippen molar-refractivity contribution in [1.29, 1.82) is 0 Å². The molecule has 0 saturated carbocycles. The Labute approximate surface area is 90.6 Å². The Kier molecular flexibility index (Phi) is 2.54. The average Bonchev–Trinajstić information content (AvgIpc) is 2.57. The summed E-state index contributed by atoms with van der Waals surface area (Å²) in [7, 11) is 0. The number of aryl methyl sites for hydroxylation is 1.